The molecule has 132 valence electrons. The highest BCUT2D eigenvalue weighted by molar-refractivity contribution is 7.78. The van der Waals surface area contributed by atoms with E-state index in [1.165, 1.54) is 0 Å². The molecule has 0 fully saturated rings. The number of H-pyrrole nitrogens is 1. The lowest BCUT2D eigenvalue weighted by Crippen LogP contribution is -2.29. The first-order valence-corrected chi connectivity index (χ1v) is 9.61. The van der Waals surface area contributed by atoms with Crippen molar-refractivity contribution >= 4 is 38.4 Å². The average Bonchev–Trinajstić information content (AvgIpc) is 2.39. The number of hydrogen-bond donors (Lipinski definition) is 4. The first kappa shape index (κ1) is 20.6. The minimum atomic E-state index is -5.33. The van der Waals surface area contributed by atoms with Crippen LogP contribution in [0.5, 0.6) is 0 Å². The SMILES string of the molecule is O=c1ccn(COCCOP(=O)(O)C(Cl)(Cl)P(=O)(O)O)c(=O)[nH]1. The molecule has 0 aliphatic rings. The van der Waals surface area contributed by atoms with Crippen LogP contribution in [0, 0.1) is 0 Å². The molecule has 0 aromatic carbocycles. The Morgan fingerprint density at radius 3 is 2.35 bits per heavy atom. The van der Waals surface area contributed by atoms with E-state index in [9.17, 15) is 23.6 Å². The normalized spacial score (nSPS) is 15.3. The predicted molar refractivity (Wildman–Crippen MR) is 79.5 cm³/mol. The van der Waals surface area contributed by atoms with E-state index < -0.39 is 36.9 Å². The van der Waals surface area contributed by atoms with Crippen LogP contribution in [-0.2, 0) is 25.1 Å². The molecule has 23 heavy (non-hydrogen) atoms. The highest BCUT2D eigenvalue weighted by Crippen LogP contribution is 2.75. The summed E-state index contributed by atoms with van der Waals surface area (Å²) in [6.45, 7) is -1.23. The lowest BCUT2D eigenvalue weighted by atomic mass is 10.6. The minimum Gasteiger partial charge on any atom is -0.358 e. The Bertz CT molecular complexity index is 754. The van der Waals surface area contributed by atoms with Gasteiger partial charge in [-0.05, 0) is 0 Å². The van der Waals surface area contributed by atoms with Crippen molar-refractivity contribution < 1.29 is 33.1 Å². The van der Waals surface area contributed by atoms with E-state index in [0.29, 0.717) is 0 Å². The van der Waals surface area contributed by atoms with Gasteiger partial charge in [0.1, 0.15) is 6.73 Å². The van der Waals surface area contributed by atoms with Crippen LogP contribution >= 0.6 is 38.4 Å². The monoisotopic (exact) mass is 412 g/mol. The van der Waals surface area contributed by atoms with Crippen LogP contribution in [0.4, 0.5) is 0 Å². The maximum absolute atomic E-state index is 11.6. The van der Waals surface area contributed by atoms with Gasteiger partial charge in [-0.3, -0.25) is 23.5 Å². The van der Waals surface area contributed by atoms with Gasteiger partial charge in [-0.1, -0.05) is 23.2 Å². The molecule has 4 N–H and O–H groups in total. The molecule has 1 atom stereocenters. The molecule has 1 aromatic heterocycles. The zero-order chi connectivity index (χ0) is 17.9. The molecule has 0 saturated carbocycles. The van der Waals surface area contributed by atoms with Gasteiger partial charge in [0, 0.05) is 12.3 Å². The summed E-state index contributed by atoms with van der Waals surface area (Å²) in [6, 6.07) is 1.08. The van der Waals surface area contributed by atoms with Gasteiger partial charge in [0.25, 0.3) is 5.56 Å². The number of nitrogens with zero attached hydrogens (tertiary/aromatic N) is 1. The van der Waals surface area contributed by atoms with Crippen molar-refractivity contribution in [3.8, 4) is 0 Å². The Morgan fingerprint density at radius 1 is 1.22 bits per heavy atom. The Hall–Kier alpha value is -0.480. The van der Waals surface area contributed by atoms with Crippen molar-refractivity contribution in [1.82, 2.24) is 9.55 Å². The molecule has 1 rings (SSSR count). The number of ether oxygens (including phenoxy) is 1. The quantitative estimate of drug-likeness (QED) is 0.260. The Morgan fingerprint density at radius 2 is 1.83 bits per heavy atom. The van der Waals surface area contributed by atoms with Crippen LogP contribution in [0.1, 0.15) is 0 Å². The molecule has 11 nitrogen and oxygen atoms in total. The molecule has 0 amide bonds. The van der Waals surface area contributed by atoms with Crippen molar-refractivity contribution in [2.45, 2.75) is 10.5 Å². The molecule has 0 spiro atoms. The van der Waals surface area contributed by atoms with Crippen LogP contribution in [0.3, 0.4) is 0 Å². The second kappa shape index (κ2) is 7.60. The number of nitrogens with one attached hydrogen (secondary N) is 1. The lowest BCUT2D eigenvalue weighted by Gasteiger charge is -2.25. The third-order valence-corrected chi connectivity index (χ3v) is 8.37. The standard InChI is InChI=1S/C8H12Cl2N2O9P2/c9-8(10,22(15,16)17)23(18,19)21-4-3-20-5-12-2-1-6(13)11-7(12)14/h1-2H,3-5H2,(H,18,19)(H,11,13,14)(H2,15,16,17). The summed E-state index contributed by atoms with van der Waals surface area (Å²) in [4.78, 5) is 51.1. The van der Waals surface area contributed by atoms with Crippen LogP contribution < -0.4 is 11.2 Å². The van der Waals surface area contributed by atoms with E-state index in [1.807, 2.05) is 4.98 Å². The van der Waals surface area contributed by atoms with E-state index in [2.05, 4.69) is 4.52 Å². The van der Waals surface area contributed by atoms with Crippen LogP contribution in [0.15, 0.2) is 21.9 Å². The second-order valence-electron chi connectivity index (χ2n) is 4.02. The van der Waals surface area contributed by atoms with Gasteiger partial charge in [0.2, 0.25) is 0 Å². The fraction of sp³-hybridized carbons (Fsp3) is 0.500. The van der Waals surface area contributed by atoms with Gasteiger partial charge in [-0.15, -0.1) is 0 Å². The topological polar surface area (TPSA) is 168 Å². The summed E-state index contributed by atoms with van der Waals surface area (Å²) in [5.41, 5.74) is -1.32. The first-order chi connectivity index (χ1) is 10.4. The number of halogens is 2. The summed E-state index contributed by atoms with van der Waals surface area (Å²) < 4.78 is 29.6. The van der Waals surface area contributed by atoms with Crippen LogP contribution in [-0.4, -0.2) is 41.3 Å². The van der Waals surface area contributed by atoms with Crippen LogP contribution in [0.2, 0.25) is 0 Å². The highest BCUT2D eigenvalue weighted by atomic mass is 35.5. The van der Waals surface area contributed by atoms with Crippen LogP contribution in [0.25, 0.3) is 0 Å². The number of aromatic amines is 1. The second-order valence-corrected chi connectivity index (χ2v) is 10.5. The van der Waals surface area contributed by atoms with Gasteiger partial charge < -0.3 is 23.9 Å². The van der Waals surface area contributed by atoms with E-state index in [0.717, 1.165) is 16.8 Å². The van der Waals surface area contributed by atoms with E-state index in [1.54, 1.807) is 0 Å². The Labute approximate surface area is 138 Å². The molecular weight excluding hydrogens is 401 g/mol. The number of alkyl halides is 2. The molecule has 1 heterocycles. The molecule has 0 radical (unpaired) electrons. The summed E-state index contributed by atoms with van der Waals surface area (Å²) in [5.74, 6) is 0. The molecule has 0 aliphatic carbocycles. The summed E-state index contributed by atoms with van der Waals surface area (Å²) in [5, 5.41) is 0. The van der Waals surface area contributed by atoms with E-state index in [-0.39, 0.29) is 13.3 Å². The van der Waals surface area contributed by atoms with Gasteiger partial charge >= 0.3 is 24.7 Å². The summed E-state index contributed by atoms with van der Waals surface area (Å²) in [7, 11) is -10.4. The van der Waals surface area contributed by atoms with Gasteiger partial charge in [0.05, 0.1) is 13.2 Å². The van der Waals surface area contributed by atoms with Crippen molar-refractivity contribution in [3.63, 3.8) is 0 Å². The fourth-order valence-corrected chi connectivity index (χ4v) is 3.43. The van der Waals surface area contributed by atoms with Gasteiger partial charge in [-0.25, -0.2) is 4.79 Å². The summed E-state index contributed by atoms with van der Waals surface area (Å²) in [6.07, 6.45) is 1.16. The zero-order valence-corrected chi connectivity index (χ0v) is 14.5. The number of aromatic nitrogens is 2. The summed E-state index contributed by atoms with van der Waals surface area (Å²) >= 11 is 10.4. The van der Waals surface area contributed by atoms with Crippen molar-refractivity contribution in [1.29, 1.82) is 0 Å². The van der Waals surface area contributed by atoms with E-state index >= 15 is 0 Å². The molecule has 0 saturated heterocycles. The molecule has 15 heteroatoms. The van der Waals surface area contributed by atoms with Gasteiger partial charge in [-0.2, -0.15) is 0 Å². The maximum atomic E-state index is 11.6. The molecule has 0 bridgehead atoms. The van der Waals surface area contributed by atoms with Gasteiger partial charge in [0.15, 0.2) is 0 Å². The fourth-order valence-electron chi connectivity index (χ4n) is 1.17. The predicted octanol–water partition coefficient (Wildman–Crippen LogP) is -0.0207. The number of hydrogen-bond acceptors (Lipinski definition) is 6. The third kappa shape index (κ3) is 5.25. The molecule has 0 aliphatic heterocycles. The zero-order valence-electron chi connectivity index (χ0n) is 11.2. The maximum Gasteiger partial charge on any atom is 0.376 e. The number of rotatable bonds is 8. The Balaban J connectivity index is 2.51. The van der Waals surface area contributed by atoms with Crippen molar-refractivity contribution in [2.24, 2.45) is 0 Å². The molecule has 1 aromatic rings. The lowest BCUT2D eigenvalue weighted by molar-refractivity contribution is 0.0485. The van der Waals surface area contributed by atoms with E-state index in [4.69, 9.17) is 37.7 Å². The minimum absolute atomic E-state index is 0.305. The van der Waals surface area contributed by atoms with Crippen molar-refractivity contribution in [2.75, 3.05) is 13.2 Å². The molecular formula is C8H12Cl2N2O9P2. The average molecular weight is 413 g/mol. The van der Waals surface area contributed by atoms with Crippen molar-refractivity contribution in [3.05, 3.63) is 33.1 Å². The smallest absolute Gasteiger partial charge is 0.358 e. The Kier molecular flexibility index (Phi) is 6.80. The molecule has 1 unspecified atom stereocenters. The first-order valence-electron chi connectivity index (χ1n) is 5.67. The highest BCUT2D eigenvalue weighted by Gasteiger charge is 2.60. The third-order valence-electron chi connectivity index (χ3n) is 2.31. The largest absolute Gasteiger partial charge is 0.376 e.